The average molecular weight is 216 g/mol. The molecule has 0 saturated heterocycles. The Labute approximate surface area is 95.3 Å². The molecular weight excluding hydrogens is 200 g/mol. The van der Waals surface area contributed by atoms with Crippen LogP contribution in [-0.2, 0) is 6.54 Å². The Kier molecular flexibility index (Phi) is 3.53. The van der Waals surface area contributed by atoms with Gasteiger partial charge in [0.25, 0.3) is 0 Å². The summed E-state index contributed by atoms with van der Waals surface area (Å²) in [6, 6.07) is 8.42. The molecule has 0 aliphatic heterocycles. The van der Waals surface area contributed by atoms with Gasteiger partial charge in [-0.2, -0.15) is 5.10 Å². The first kappa shape index (κ1) is 10.7. The molecular formula is C12H16N4. The Morgan fingerprint density at radius 2 is 2.06 bits per heavy atom. The van der Waals surface area contributed by atoms with Crippen LogP contribution in [0.4, 0.5) is 5.69 Å². The van der Waals surface area contributed by atoms with Crippen molar-refractivity contribution in [1.29, 1.82) is 0 Å². The summed E-state index contributed by atoms with van der Waals surface area (Å²) >= 11 is 0. The lowest BCUT2D eigenvalue weighted by Gasteiger charge is -2.06. The lowest BCUT2D eigenvalue weighted by molar-refractivity contribution is 0.685. The van der Waals surface area contributed by atoms with Crippen molar-refractivity contribution in [3.8, 4) is 0 Å². The van der Waals surface area contributed by atoms with Crippen LogP contribution >= 0.6 is 0 Å². The number of hydrogen-bond donors (Lipinski definition) is 1. The van der Waals surface area contributed by atoms with E-state index in [9.17, 15) is 0 Å². The Morgan fingerprint density at radius 3 is 2.69 bits per heavy atom. The largest absolute Gasteiger partial charge is 0.385 e. The molecule has 0 spiro atoms. The van der Waals surface area contributed by atoms with Gasteiger partial charge >= 0.3 is 0 Å². The van der Waals surface area contributed by atoms with Crippen LogP contribution in [0.1, 0.15) is 18.9 Å². The fourth-order valence-corrected chi connectivity index (χ4v) is 1.50. The molecule has 16 heavy (non-hydrogen) atoms. The van der Waals surface area contributed by atoms with Gasteiger partial charge in [0.2, 0.25) is 0 Å². The van der Waals surface area contributed by atoms with Crippen molar-refractivity contribution in [2.75, 3.05) is 11.9 Å². The van der Waals surface area contributed by atoms with Gasteiger partial charge in [0.05, 0.1) is 6.54 Å². The lowest BCUT2D eigenvalue weighted by Crippen LogP contribution is -2.01. The van der Waals surface area contributed by atoms with Gasteiger partial charge in [0, 0.05) is 12.2 Å². The molecule has 4 heteroatoms. The molecule has 1 N–H and O–H groups in total. The quantitative estimate of drug-likeness (QED) is 0.832. The fourth-order valence-electron chi connectivity index (χ4n) is 1.50. The first-order valence-corrected chi connectivity index (χ1v) is 5.53. The normalized spacial score (nSPS) is 10.3. The van der Waals surface area contributed by atoms with E-state index in [2.05, 4.69) is 46.6 Å². The molecule has 0 aliphatic rings. The summed E-state index contributed by atoms with van der Waals surface area (Å²) in [5.74, 6) is 0. The lowest BCUT2D eigenvalue weighted by atomic mass is 10.2. The van der Waals surface area contributed by atoms with E-state index in [4.69, 9.17) is 0 Å². The summed E-state index contributed by atoms with van der Waals surface area (Å²) in [5.41, 5.74) is 2.40. The number of nitrogens with one attached hydrogen (secondary N) is 1. The summed E-state index contributed by atoms with van der Waals surface area (Å²) < 4.78 is 1.81. The van der Waals surface area contributed by atoms with Crippen LogP contribution in [0, 0.1) is 0 Å². The van der Waals surface area contributed by atoms with Crippen LogP contribution in [0.2, 0.25) is 0 Å². The second-order valence-corrected chi connectivity index (χ2v) is 3.72. The predicted molar refractivity (Wildman–Crippen MR) is 64.3 cm³/mol. The highest BCUT2D eigenvalue weighted by atomic mass is 15.3. The molecule has 1 heterocycles. The molecule has 84 valence electrons. The van der Waals surface area contributed by atoms with Gasteiger partial charge in [-0.1, -0.05) is 19.1 Å². The van der Waals surface area contributed by atoms with E-state index in [0.29, 0.717) is 0 Å². The zero-order valence-electron chi connectivity index (χ0n) is 9.43. The van der Waals surface area contributed by atoms with E-state index in [0.717, 1.165) is 19.5 Å². The molecule has 0 bridgehead atoms. The summed E-state index contributed by atoms with van der Waals surface area (Å²) in [4.78, 5) is 3.92. The molecule has 1 aromatic heterocycles. The number of nitrogens with zero attached hydrogens (tertiary/aromatic N) is 3. The maximum atomic E-state index is 4.07. The van der Waals surface area contributed by atoms with Crippen LogP contribution in [-0.4, -0.2) is 21.3 Å². The van der Waals surface area contributed by atoms with Crippen LogP contribution in [0.5, 0.6) is 0 Å². The van der Waals surface area contributed by atoms with Crippen molar-refractivity contribution < 1.29 is 0 Å². The number of anilines is 1. The third kappa shape index (κ3) is 2.82. The minimum Gasteiger partial charge on any atom is -0.385 e. The highest BCUT2D eigenvalue weighted by Crippen LogP contribution is 2.10. The average Bonchev–Trinajstić information content (AvgIpc) is 2.81. The number of hydrogen-bond acceptors (Lipinski definition) is 3. The van der Waals surface area contributed by atoms with Gasteiger partial charge in [-0.15, -0.1) is 0 Å². The van der Waals surface area contributed by atoms with Gasteiger partial charge in [-0.25, -0.2) is 9.67 Å². The van der Waals surface area contributed by atoms with E-state index in [-0.39, 0.29) is 0 Å². The van der Waals surface area contributed by atoms with Gasteiger partial charge < -0.3 is 5.32 Å². The maximum absolute atomic E-state index is 4.07. The standard InChI is InChI=1S/C12H16N4/c1-2-7-14-12-5-3-11(4-6-12)8-16-10-13-9-15-16/h3-6,9-10,14H,2,7-8H2,1H3. The summed E-state index contributed by atoms with van der Waals surface area (Å²) in [5, 5.41) is 7.42. The number of rotatable bonds is 5. The van der Waals surface area contributed by atoms with Crippen LogP contribution in [0.25, 0.3) is 0 Å². The number of benzene rings is 1. The summed E-state index contributed by atoms with van der Waals surface area (Å²) in [6.07, 6.45) is 4.42. The second-order valence-electron chi connectivity index (χ2n) is 3.72. The van der Waals surface area contributed by atoms with Gasteiger partial charge in [0.1, 0.15) is 12.7 Å². The Morgan fingerprint density at radius 1 is 1.25 bits per heavy atom. The fraction of sp³-hybridized carbons (Fsp3) is 0.333. The third-order valence-electron chi connectivity index (χ3n) is 2.34. The van der Waals surface area contributed by atoms with E-state index < -0.39 is 0 Å². The first-order valence-electron chi connectivity index (χ1n) is 5.53. The molecule has 0 saturated carbocycles. The molecule has 2 aromatic rings. The Bertz CT molecular complexity index is 405. The van der Waals surface area contributed by atoms with Crippen molar-refractivity contribution in [3.63, 3.8) is 0 Å². The Hall–Kier alpha value is -1.84. The van der Waals surface area contributed by atoms with E-state index in [1.165, 1.54) is 11.3 Å². The minimum atomic E-state index is 0.772. The zero-order valence-corrected chi connectivity index (χ0v) is 9.43. The monoisotopic (exact) mass is 216 g/mol. The van der Waals surface area contributed by atoms with Crippen molar-refractivity contribution in [3.05, 3.63) is 42.5 Å². The highest BCUT2D eigenvalue weighted by molar-refractivity contribution is 5.44. The predicted octanol–water partition coefficient (Wildman–Crippen LogP) is 2.15. The number of aromatic nitrogens is 3. The van der Waals surface area contributed by atoms with Gasteiger partial charge in [-0.3, -0.25) is 0 Å². The molecule has 0 amide bonds. The highest BCUT2D eigenvalue weighted by Gasteiger charge is 1.96. The van der Waals surface area contributed by atoms with E-state index in [1.807, 2.05) is 4.68 Å². The van der Waals surface area contributed by atoms with Gasteiger partial charge in [-0.05, 0) is 24.1 Å². The molecule has 2 rings (SSSR count). The topological polar surface area (TPSA) is 42.7 Å². The molecule has 0 atom stereocenters. The molecule has 4 nitrogen and oxygen atoms in total. The molecule has 0 unspecified atom stereocenters. The van der Waals surface area contributed by atoms with Crippen molar-refractivity contribution in [1.82, 2.24) is 14.8 Å². The van der Waals surface area contributed by atoms with Crippen LogP contribution < -0.4 is 5.32 Å². The van der Waals surface area contributed by atoms with Crippen molar-refractivity contribution in [2.24, 2.45) is 0 Å². The molecule has 0 aliphatic carbocycles. The molecule has 0 radical (unpaired) electrons. The van der Waals surface area contributed by atoms with Crippen LogP contribution in [0.15, 0.2) is 36.9 Å². The summed E-state index contributed by atoms with van der Waals surface area (Å²) in [6.45, 7) is 3.95. The maximum Gasteiger partial charge on any atom is 0.137 e. The smallest absolute Gasteiger partial charge is 0.137 e. The zero-order chi connectivity index (χ0) is 11.2. The third-order valence-corrected chi connectivity index (χ3v) is 2.34. The van der Waals surface area contributed by atoms with Crippen molar-refractivity contribution >= 4 is 5.69 Å². The van der Waals surface area contributed by atoms with Gasteiger partial charge in [0.15, 0.2) is 0 Å². The second kappa shape index (κ2) is 5.30. The summed E-state index contributed by atoms with van der Waals surface area (Å²) in [7, 11) is 0. The minimum absolute atomic E-state index is 0.772. The molecule has 1 aromatic carbocycles. The molecule has 0 fully saturated rings. The Balaban J connectivity index is 1.96. The first-order chi connectivity index (χ1) is 7.88. The van der Waals surface area contributed by atoms with E-state index in [1.54, 1.807) is 12.7 Å². The van der Waals surface area contributed by atoms with Crippen LogP contribution in [0.3, 0.4) is 0 Å². The van der Waals surface area contributed by atoms with Crippen molar-refractivity contribution in [2.45, 2.75) is 19.9 Å². The van der Waals surface area contributed by atoms with E-state index >= 15 is 0 Å². The SMILES string of the molecule is CCCNc1ccc(Cn2cncn2)cc1.